The van der Waals surface area contributed by atoms with Crippen LogP contribution in [0.15, 0.2) is 0 Å². The molecule has 0 amide bonds. The fourth-order valence-electron chi connectivity index (χ4n) is 1.04. The van der Waals surface area contributed by atoms with Crippen molar-refractivity contribution >= 4 is 22.6 Å². The smallest absolute Gasteiger partial charge is 0.239 e. The van der Waals surface area contributed by atoms with Crippen molar-refractivity contribution < 1.29 is 22.0 Å². The quantitative estimate of drug-likeness (QED) is 0.603. The molecule has 0 saturated heterocycles. The summed E-state index contributed by atoms with van der Waals surface area (Å²) >= 11 is 1.31. The first-order valence-corrected chi connectivity index (χ1v) is 5.22. The van der Waals surface area contributed by atoms with Crippen molar-refractivity contribution in [1.82, 2.24) is 15.0 Å². The van der Waals surface area contributed by atoms with Gasteiger partial charge in [0.2, 0.25) is 0 Å². The van der Waals surface area contributed by atoms with E-state index in [0.717, 1.165) is 0 Å². The number of rotatable bonds is 2. The van der Waals surface area contributed by atoms with Gasteiger partial charge >= 0.3 is 12.1 Å². The lowest BCUT2D eigenvalue weighted by Gasteiger charge is -2.21. The fourth-order valence-corrected chi connectivity index (χ4v) is 1.73. The van der Waals surface area contributed by atoms with Gasteiger partial charge in [-0.2, -0.15) is 22.0 Å². The summed E-state index contributed by atoms with van der Waals surface area (Å²) in [4.78, 5) is 0. The lowest BCUT2D eigenvalue weighted by Crippen LogP contribution is -2.37. The van der Waals surface area contributed by atoms with Crippen LogP contribution in [0.5, 0.6) is 0 Å². The Hall–Kier alpha value is -0.480. The van der Waals surface area contributed by atoms with Gasteiger partial charge in [0.15, 0.2) is 9.39 Å². The van der Waals surface area contributed by atoms with Crippen LogP contribution in [-0.4, -0.2) is 21.2 Å². The van der Waals surface area contributed by atoms with Crippen LogP contribution in [0.2, 0.25) is 0 Å². The molecule has 0 atom stereocenters. The van der Waals surface area contributed by atoms with E-state index in [0.29, 0.717) is 4.68 Å². The molecule has 0 saturated carbocycles. The normalized spacial score (nSPS) is 13.6. The Bertz CT molecular complexity index is 384. The van der Waals surface area contributed by atoms with Crippen LogP contribution in [0.1, 0.15) is 25.6 Å². The van der Waals surface area contributed by atoms with Crippen molar-refractivity contribution in [3.8, 4) is 0 Å². The molecule has 1 rings (SSSR count). The fraction of sp³-hybridized carbons (Fsp3) is 0.714. The highest BCUT2D eigenvalue weighted by molar-refractivity contribution is 14.1. The minimum Gasteiger partial charge on any atom is -0.239 e. The molecule has 0 aromatic carbocycles. The summed E-state index contributed by atoms with van der Waals surface area (Å²) in [7, 11) is 0. The lowest BCUT2D eigenvalue weighted by molar-refractivity contribution is -0.292. The average Bonchev–Trinajstić information content (AvgIpc) is 2.45. The van der Waals surface area contributed by atoms with Gasteiger partial charge in [-0.15, -0.1) is 5.10 Å². The Balaban J connectivity index is 3.37. The molecule has 92 valence electrons. The van der Waals surface area contributed by atoms with Gasteiger partial charge in [0, 0.05) is 6.04 Å². The minimum absolute atomic E-state index is 0.450. The van der Waals surface area contributed by atoms with Crippen molar-refractivity contribution in [1.29, 1.82) is 0 Å². The van der Waals surface area contributed by atoms with E-state index in [1.165, 1.54) is 36.4 Å². The Morgan fingerprint density at radius 2 is 1.69 bits per heavy atom. The van der Waals surface area contributed by atoms with Gasteiger partial charge in [-0.25, -0.2) is 4.68 Å². The van der Waals surface area contributed by atoms with Crippen LogP contribution in [0.3, 0.4) is 0 Å². The molecule has 1 aromatic rings. The number of nitrogens with zero attached hydrogens (tertiary/aromatic N) is 3. The molecule has 0 spiro atoms. The third kappa shape index (κ3) is 2.13. The Morgan fingerprint density at radius 3 is 2.06 bits per heavy atom. The van der Waals surface area contributed by atoms with Crippen molar-refractivity contribution in [3.05, 3.63) is 9.39 Å². The first-order chi connectivity index (χ1) is 7.09. The largest absolute Gasteiger partial charge is 0.459 e. The second-order valence-electron chi connectivity index (χ2n) is 3.34. The minimum atomic E-state index is -5.65. The second kappa shape index (κ2) is 4.08. The summed E-state index contributed by atoms with van der Waals surface area (Å²) in [6.45, 7) is 2.89. The number of halogens is 6. The van der Waals surface area contributed by atoms with Gasteiger partial charge in [-0.1, -0.05) is 5.21 Å². The van der Waals surface area contributed by atoms with Gasteiger partial charge in [0.05, 0.1) is 0 Å². The second-order valence-corrected chi connectivity index (χ2v) is 4.36. The molecule has 0 radical (unpaired) electrons. The third-order valence-corrected chi connectivity index (χ3v) is 2.52. The van der Waals surface area contributed by atoms with E-state index in [-0.39, 0.29) is 0 Å². The maximum absolute atomic E-state index is 13.1. The highest BCUT2D eigenvalue weighted by Crippen LogP contribution is 2.45. The summed E-state index contributed by atoms with van der Waals surface area (Å²) in [6, 6.07) is -0.626. The van der Waals surface area contributed by atoms with Crippen molar-refractivity contribution in [2.75, 3.05) is 0 Å². The number of aromatic nitrogens is 3. The van der Waals surface area contributed by atoms with E-state index >= 15 is 0 Å². The van der Waals surface area contributed by atoms with Crippen LogP contribution < -0.4 is 0 Å². The summed E-state index contributed by atoms with van der Waals surface area (Å²) < 4.78 is 63.0. The molecule has 0 unspecified atom stereocenters. The van der Waals surface area contributed by atoms with Crippen LogP contribution in [0, 0.1) is 3.70 Å². The van der Waals surface area contributed by atoms with Gasteiger partial charge in [-0.05, 0) is 36.4 Å². The highest BCUT2D eigenvalue weighted by atomic mass is 127. The summed E-state index contributed by atoms with van der Waals surface area (Å²) in [5.74, 6) is -4.95. The monoisotopic (exact) mass is 355 g/mol. The molecule has 0 bridgehead atoms. The van der Waals surface area contributed by atoms with E-state index in [4.69, 9.17) is 0 Å². The predicted molar refractivity (Wildman–Crippen MR) is 53.1 cm³/mol. The maximum Gasteiger partial charge on any atom is 0.459 e. The first-order valence-electron chi connectivity index (χ1n) is 4.14. The van der Waals surface area contributed by atoms with E-state index < -0.39 is 27.5 Å². The molecule has 0 aliphatic heterocycles. The number of alkyl halides is 5. The lowest BCUT2D eigenvalue weighted by atomic mass is 10.2. The Labute approximate surface area is 101 Å². The first kappa shape index (κ1) is 13.6. The number of hydrogen-bond donors (Lipinski definition) is 0. The zero-order valence-electron chi connectivity index (χ0n) is 8.19. The van der Waals surface area contributed by atoms with Gasteiger partial charge in [0.25, 0.3) is 0 Å². The van der Waals surface area contributed by atoms with Crippen molar-refractivity contribution in [2.24, 2.45) is 0 Å². The molecule has 3 nitrogen and oxygen atoms in total. The zero-order chi connectivity index (χ0) is 12.7. The number of hydrogen-bond acceptors (Lipinski definition) is 2. The van der Waals surface area contributed by atoms with Gasteiger partial charge in [0.1, 0.15) is 0 Å². The molecule has 9 heteroatoms. The zero-order valence-corrected chi connectivity index (χ0v) is 10.3. The average molecular weight is 355 g/mol. The van der Waals surface area contributed by atoms with Crippen LogP contribution in [0.4, 0.5) is 22.0 Å². The molecule has 0 aliphatic rings. The Kier molecular flexibility index (Phi) is 3.46. The Morgan fingerprint density at radius 1 is 1.19 bits per heavy atom. The standard InChI is InChI=1S/C7H7F5IN3/c1-3(2)16-4(5(13)14-15-16)6(8,9)7(10,11)12/h3H,1-2H3. The molecule has 1 aromatic heterocycles. The molecular weight excluding hydrogens is 348 g/mol. The van der Waals surface area contributed by atoms with Crippen molar-refractivity contribution in [2.45, 2.75) is 32.0 Å². The summed E-state index contributed by atoms with van der Waals surface area (Å²) in [5, 5.41) is 6.51. The predicted octanol–water partition coefficient (Wildman–Crippen LogP) is 3.12. The van der Waals surface area contributed by atoms with Gasteiger partial charge in [-0.3, -0.25) is 0 Å². The molecular formula is C7H7F5IN3. The van der Waals surface area contributed by atoms with Crippen molar-refractivity contribution in [3.63, 3.8) is 0 Å². The van der Waals surface area contributed by atoms with Crippen LogP contribution in [-0.2, 0) is 5.92 Å². The molecule has 1 heterocycles. The molecule has 0 aliphatic carbocycles. The molecule has 0 fully saturated rings. The molecule has 0 N–H and O–H groups in total. The maximum atomic E-state index is 13.1. The van der Waals surface area contributed by atoms with Crippen LogP contribution >= 0.6 is 22.6 Å². The SMILES string of the molecule is CC(C)n1nnc(I)c1C(F)(F)C(F)(F)F. The van der Waals surface area contributed by atoms with E-state index in [1.807, 2.05) is 0 Å². The topological polar surface area (TPSA) is 30.7 Å². The third-order valence-electron chi connectivity index (χ3n) is 1.80. The summed E-state index contributed by atoms with van der Waals surface area (Å²) in [6.07, 6.45) is -5.65. The van der Waals surface area contributed by atoms with E-state index in [2.05, 4.69) is 10.3 Å². The van der Waals surface area contributed by atoms with E-state index in [9.17, 15) is 22.0 Å². The molecule has 16 heavy (non-hydrogen) atoms. The summed E-state index contributed by atoms with van der Waals surface area (Å²) in [5.41, 5.74) is -1.21. The van der Waals surface area contributed by atoms with E-state index in [1.54, 1.807) is 0 Å². The van der Waals surface area contributed by atoms with Gasteiger partial charge < -0.3 is 0 Å². The highest BCUT2D eigenvalue weighted by Gasteiger charge is 2.62. The van der Waals surface area contributed by atoms with Crippen LogP contribution in [0.25, 0.3) is 0 Å².